The van der Waals surface area contributed by atoms with Crippen LogP contribution in [0.5, 0.6) is 0 Å². The van der Waals surface area contributed by atoms with Gasteiger partial charge in [-0.1, -0.05) is 194 Å². The number of amidine groups is 1. The SMILES string of the molecule is CCCCCCCCCCCCCCCCCC(=O)NCC(C)N1CCN=C1CCCCCCCCCCCCCCCCC. The van der Waals surface area contributed by atoms with Gasteiger partial charge in [-0.2, -0.15) is 0 Å². The first kappa shape index (κ1) is 42.0. The number of nitrogens with zero attached hydrogens (tertiary/aromatic N) is 2. The fraction of sp³-hybridized carbons (Fsp3) is 0.951. The number of aliphatic imine (C=N–C) groups is 1. The molecule has 0 aromatic carbocycles. The van der Waals surface area contributed by atoms with Crippen molar-refractivity contribution in [3.63, 3.8) is 0 Å². The van der Waals surface area contributed by atoms with Crippen molar-refractivity contribution in [2.24, 2.45) is 4.99 Å². The number of unbranched alkanes of at least 4 members (excludes halogenated alkanes) is 28. The van der Waals surface area contributed by atoms with Crippen molar-refractivity contribution < 1.29 is 4.79 Å². The van der Waals surface area contributed by atoms with Crippen LogP contribution in [0.25, 0.3) is 0 Å². The van der Waals surface area contributed by atoms with Crippen LogP contribution in [0.2, 0.25) is 0 Å². The summed E-state index contributed by atoms with van der Waals surface area (Å²) >= 11 is 0. The standard InChI is InChI=1S/C41H81N3O/c1-4-6-8-10-12-14-16-18-20-22-24-26-28-30-32-34-40-42-36-37-44(40)39(3)38-43-41(45)35-33-31-29-27-25-23-21-19-17-15-13-11-9-7-5-2/h39H,4-38H2,1-3H3,(H,43,45). The lowest BCUT2D eigenvalue weighted by Gasteiger charge is -2.28. The van der Waals surface area contributed by atoms with Gasteiger partial charge in [0.1, 0.15) is 0 Å². The van der Waals surface area contributed by atoms with E-state index in [0.717, 1.165) is 32.5 Å². The fourth-order valence-corrected chi connectivity index (χ4v) is 6.98. The largest absolute Gasteiger partial charge is 0.354 e. The molecule has 4 nitrogen and oxygen atoms in total. The Balaban J connectivity index is 1.90. The number of nitrogens with one attached hydrogen (secondary N) is 1. The van der Waals surface area contributed by atoms with E-state index in [1.807, 2.05) is 0 Å². The average Bonchev–Trinajstić information content (AvgIpc) is 3.52. The lowest BCUT2D eigenvalue weighted by Crippen LogP contribution is -2.43. The van der Waals surface area contributed by atoms with E-state index in [1.165, 1.54) is 192 Å². The highest BCUT2D eigenvalue weighted by Gasteiger charge is 2.22. The number of amides is 1. The fourth-order valence-electron chi connectivity index (χ4n) is 6.98. The minimum absolute atomic E-state index is 0.233. The molecule has 0 spiro atoms. The molecule has 0 aromatic heterocycles. The van der Waals surface area contributed by atoms with Gasteiger partial charge in [0.25, 0.3) is 0 Å². The Morgan fingerprint density at radius 1 is 0.578 bits per heavy atom. The van der Waals surface area contributed by atoms with Crippen LogP contribution in [-0.4, -0.2) is 42.3 Å². The topological polar surface area (TPSA) is 44.7 Å². The second-order valence-corrected chi connectivity index (χ2v) is 14.5. The van der Waals surface area contributed by atoms with E-state index in [9.17, 15) is 4.79 Å². The molecule has 0 saturated heterocycles. The Bertz CT molecular complexity index is 663. The summed E-state index contributed by atoms with van der Waals surface area (Å²) < 4.78 is 0. The maximum Gasteiger partial charge on any atom is 0.220 e. The third-order valence-electron chi connectivity index (χ3n) is 10.1. The van der Waals surface area contributed by atoms with E-state index in [2.05, 4.69) is 31.0 Å². The molecule has 1 aliphatic heterocycles. The molecule has 45 heavy (non-hydrogen) atoms. The molecular formula is C41H81N3O. The molecule has 1 heterocycles. The molecule has 0 saturated carbocycles. The normalized spacial score (nSPS) is 13.8. The van der Waals surface area contributed by atoms with E-state index in [-0.39, 0.29) is 5.91 Å². The monoisotopic (exact) mass is 632 g/mol. The summed E-state index contributed by atoms with van der Waals surface area (Å²) in [5, 5.41) is 3.22. The van der Waals surface area contributed by atoms with Crippen molar-refractivity contribution in [1.29, 1.82) is 0 Å². The smallest absolute Gasteiger partial charge is 0.220 e. The summed E-state index contributed by atoms with van der Waals surface area (Å²) in [6.07, 6.45) is 43.3. The molecule has 1 amide bonds. The molecule has 1 aliphatic rings. The molecule has 0 aliphatic carbocycles. The molecule has 1 atom stereocenters. The third kappa shape index (κ3) is 26.7. The Kier molecular flexibility index (Phi) is 30.6. The highest BCUT2D eigenvalue weighted by Crippen LogP contribution is 2.17. The molecule has 1 rings (SSSR count). The summed E-state index contributed by atoms with van der Waals surface area (Å²) in [6, 6.07) is 0.340. The summed E-state index contributed by atoms with van der Waals surface area (Å²) in [6.45, 7) is 9.53. The minimum Gasteiger partial charge on any atom is -0.354 e. The van der Waals surface area contributed by atoms with Crippen molar-refractivity contribution in [2.75, 3.05) is 19.6 Å². The van der Waals surface area contributed by atoms with Crippen LogP contribution in [0.1, 0.15) is 226 Å². The summed E-state index contributed by atoms with van der Waals surface area (Å²) in [7, 11) is 0. The number of hydrogen-bond acceptors (Lipinski definition) is 3. The van der Waals surface area contributed by atoms with E-state index in [1.54, 1.807) is 0 Å². The van der Waals surface area contributed by atoms with Gasteiger partial charge in [-0.3, -0.25) is 9.79 Å². The summed E-state index contributed by atoms with van der Waals surface area (Å²) in [5.74, 6) is 1.52. The zero-order chi connectivity index (χ0) is 32.5. The summed E-state index contributed by atoms with van der Waals surface area (Å²) in [5.41, 5.74) is 0. The Morgan fingerprint density at radius 3 is 1.33 bits per heavy atom. The first-order valence-corrected chi connectivity index (χ1v) is 20.8. The van der Waals surface area contributed by atoms with Crippen molar-refractivity contribution in [1.82, 2.24) is 10.2 Å². The van der Waals surface area contributed by atoms with Crippen LogP contribution in [0.15, 0.2) is 4.99 Å². The van der Waals surface area contributed by atoms with Crippen molar-refractivity contribution in [2.45, 2.75) is 232 Å². The number of rotatable bonds is 35. The lowest BCUT2D eigenvalue weighted by molar-refractivity contribution is -0.121. The summed E-state index contributed by atoms with van der Waals surface area (Å²) in [4.78, 5) is 19.7. The average molecular weight is 632 g/mol. The molecule has 0 radical (unpaired) electrons. The highest BCUT2D eigenvalue weighted by molar-refractivity contribution is 5.84. The van der Waals surface area contributed by atoms with Crippen molar-refractivity contribution >= 4 is 11.7 Å². The van der Waals surface area contributed by atoms with E-state index >= 15 is 0 Å². The van der Waals surface area contributed by atoms with Gasteiger partial charge in [0.2, 0.25) is 5.91 Å². The van der Waals surface area contributed by atoms with Crippen molar-refractivity contribution in [3.05, 3.63) is 0 Å². The quantitative estimate of drug-likeness (QED) is 0.0707. The molecule has 0 fully saturated rings. The molecule has 1 unspecified atom stereocenters. The van der Waals surface area contributed by atoms with E-state index in [0.29, 0.717) is 12.5 Å². The van der Waals surface area contributed by atoms with Crippen LogP contribution in [-0.2, 0) is 4.79 Å². The predicted molar refractivity (Wildman–Crippen MR) is 201 cm³/mol. The van der Waals surface area contributed by atoms with Crippen LogP contribution < -0.4 is 5.32 Å². The van der Waals surface area contributed by atoms with Gasteiger partial charge >= 0.3 is 0 Å². The Hall–Kier alpha value is -1.06. The molecule has 266 valence electrons. The maximum atomic E-state index is 12.4. The van der Waals surface area contributed by atoms with Gasteiger partial charge in [0.05, 0.1) is 12.4 Å². The molecule has 0 aromatic rings. The second-order valence-electron chi connectivity index (χ2n) is 14.5. The highest BCUT2D eigenvalue weighted by atomic mass is 16.1. The van der Waals surface area contributed by atoms with Crippen LogP contribution >= 0.6 is 0 Å². The van der Waals surface area contributed by atoms with Gasteiger partial charge in [-0.05, 0) is 19.8 Å². The molecular weight excluding hydrogens is 550 g/mol. The molecule has 0 bridgehead atoms. The number of carbonyl (C=O) groups is 1. The predicted octanol–water partition coefficient (Wildman–Crippen LogP) is 12.7. The van der Waals surface area contributed by atoms with Gasteiger partial charge in [-0.25, -0.2) is 0 Å². The number of carbonyl (C=O) groups excluding carboxylic acids is 1. The van der Waals surface area contributed by atoms with Crippen LogP contribution in [0.3, 0.4) is 0 Å². The zero-order valence-corrected chi connectivity index (χ0v) is 31.1. The van der Waals surface area contributed by atoms with Gasteiger partial charge in [0.15, 0.2) is 0 Å². The van der Waals surface area contributed by atoms with Gasteiger partial charge < -0.3 is 10.2 Å². The zero-order valence-electron chi connectivity index (χ0n) is 31.1. The van der Waals surface area contributed by atoms with Crippen molar-refractivity contribution in [3.8, 4) is 0 Å². The van der Waals surface area contributed by atoms with E-state index in [4.69, 9.17) is 4.99 Å². The third-order valence-corrected chi connectivity index (χ3v) is 10.1. The van der Waals surface area contributed by atoms with Gasteiger partial charge in [0, 0.05) is 32.0 Å². The van der Waals surface area contributed by atoms with Crippen LogP contribution in [0, 0.1) is 0 Å². The minimum atomic E-state index is 0.233. The molecule has 4 heteroatoms. The van der Waals surface area contributed by atoms with Crippen LogP contribution in [0.4, 0.5) is 0 Å². The Morgan fingerprint density at radius 2 is 0.933 bits per heavy atom. The van der Waals surface area contributed by atoms with E-state index < -0.39 is 0 Å². The molecule has 1 N–H and O–H groups in total. The Labute approximate surface area is 283 Å². The number of hydrogen-bond donors (Lipinski definition) is 1. The van der Waals surface area contributed by atoms with Gasteiger partial charge in [-0.15, -0.1) is 0 Å². The first-order chi connectivity index (χ1) is 22.2. The first-order valence-electron chi connectivity index (χ1n) is 20.8. The lowest BCUT2D eigenvalue weighted by atomic mass is 10.0. The maximum absolute atomic E-state index is 12.4. The second kappa shape index (κ2) is 32.9.